The molecule has 3 N–H and O–H groups in total. The quantitative estimate of drug-likeness (QED) is 0.606. The van der Waals surface area contributed by atoms with Gasteiger partial charge in [-0.2, -0.15) is 0 Å². The van der Waals surface area contributed by atoms with E-state index in [0.717, 1.165) is 16.9 Å². The van der Waals surface area contributed by atoms with E-state index < -0.39 is 6.10 Å². The summed E-state index contributed by atoms with van der Waals surface area (Å²) in [4.78, 5) is 19.7. The number of halogens is 1. The summed E-state index contributed by atoms with van der Waals surface area (Å²) >= 11 is 5.90. The van der Waals surface area contributed by atoms with Crippen LogP contribution in [0.3, 0.4) is 0 Å². The third kappa shape index (κ3) is 4.81. The Morgan fingerprint density at radius 2 is 2.08 bits per heavy atom. The molecule has 6 heteroatoms. The highest BCUT2D eigenvalue weighted by Crippen LogP contribution is 2.17. The lowest BCUT2D eigenvalue weighted by Gasteiger charge is -2.12. The van der Waals surface area contributed by atoms with Crippen LogP contribution < -0.4 is 5.32 Å². The molecule has 3 rings (SSSR count). The fourth-order valence-corrected chi connectivity index (χ4v) is 2.87. The van der Waals surface area contributed by atoms with Crippen molar-refractivity contribution in [3.05, 3.63) is 64.9 Å². The van der Waals surface area contributed by atoms with Crippen LogP contribution in [-0.2, 0) is 11.2 Å². The number of para-hydroxylation sites is 2. The van der Waals surface area contributed by atoms with Gasteiger partial charge in [-0.15, -0.1) is 0 Å². The van der Waals surface area contributed by atoms with Crippen LogP contribution in [-0.4, -0.2) is 27.5 Å². The lowest BCUT2D eigenvalue weighted by Crippen LogP contribution is -2.28. The van der Waals surface area contributed by atoms with Gasteiger partial charge < -0.3 is 15.4 Å². The number of aromatic amines is 1. The molecule has 0 fully saturated rings. The van der Waals surface area contributed by atoms with Crippen LogP contribution in [0.15, 0.2) is 48.5 Å². The van der Waals surface area contributed by atoms with Gasteiger partial charge in [-0.3, -0.25) is 4.79 Å². The number of benzene rings is 2. The summed E-state index contributed by atoms with van der Waals surface area (Å²) in [7, 11) is 0. The molecule has 1 heterocycles. The number of nitrogens with one attached hydrogen (secondary N) is 2. The molecule has 0 unspecified atom stereocenters. The SMILES string of the molecule is O=C(CCCc1nc2ccccc2[nH]1)NC[C@@H](O)c1cccc(Cl)c1. The maximum absolute atomic E-state index is 11.9. The van der Waals surface area contributed by atoms with Gasteiger partial charge in [0.15, 0.2) is 0 Å². The number of rotatable bonds is 7. The molecule has 130 valence electrons. The third-order valence-corrected chi connectivity index (χ3v) is 4.22. The van der Waals surface area contributed by atoms with Gasteiger partial charge in [0, 0.05) is 24.4 Å². The summed E-state index contributed by atoms with van der Waals surface area (Å²) in [6.07, 6.45) is 1.02. The van der Waals surface area contributed by atoms with Crippen molar-refractivity contribution in [2.24, 2.45) is 0 Å². The smallest absolute Gasteiger partial charge is 0.220 e. The second-order valence-electron chi connectivity index (χ2n) is 5.93. The van der Waals surface area contributed by atoms with E-state index >= 15 is 0 Å². The average molecular weight is 358 g/mol. The van der Waals surface area contributed by atoms with Gasteiger partial charge in [-0.1, -0.05) is 35.9 Å². The summed E-state index contributed by atoms with van der Waals surface area (Å²) in [5.41, 5.74) is 2.63. The minimum atomic E-state index is -0.766. The van der Waals surface area contributed by atoms with Crippen LogP contribution in [0.4, 0.5) is 0 Å². The Balaban J connectivity index is 1.42. The van der Waals surface area contributed by atoms with Crippen LogP contribution in [0.1, 0.15) is 30.3 Å². The number of carbonyl (C=O) groups excluding carboxylic acids is 1. The van der Waals surface area contributed by atoms with Crippen molar-refractivity contribution in [2.45, 2.75) is 25.4 Å². The molecule has 0 saturated heterocycles. The first kappa shape index (κ1) is 17.5. The average Bonchev–Trinajstić information content (AvgIpc) is 3.02. The number of aromatic nitrogens is 2. The lowest BCUT2D eigenvalue weighted by atomic mass is 10.1. The Hall–Kier alpha value is -2.37. The van der Waals surface area contributed by atoms with E-state index in [0.29, 0.717) is 29.8 Å². The van der Waals surface area contributed by atoms with E-state index in [2.05, 4.69) is 15.3 Å². The van der Waals surface area contributed by atoms with Crippen molar-refractivity contribution in [3.8, 4) is 0 Å². The van der Waals surface area contributed by atoms with Gasteiger partial charge in [0.05, 0.1) is 17.1 Å². The molecule has 0 aliphatic carbocycles. The summed E-state index contributed by atoms with van der Waals surface area (Å²) in [6.45, 7) is 0.170. The van der Waals surface area contributed by atoms with Gasteiger partial charge >= 0.3 is 0 Å². The molecule has 25 heavy (non-hydrogen) atoms. The van der Waals surface area contributed by atoms with Gasteiger partial charge in [0.25, 0.3) is 0 Å². The number of aliphatic hydroxyl groups excluding tert-OH is 1. The first-order valence-corrected chi connectivity index (χ1v) is 8.63. The highest BCUT2D eigenvalue weighted by molar-refractivity contribution is 6.30. The Kier molecular flexibility index (Phi) is 5.68. The molecular formula is C19H20ClN3O2. The molecule has 1 atom stereocenters. The van der Waals surface area contributed by atoms with Gasteiger partial charge in [-0.05, 0) is 36.2 Å². The van der Waals surface area contributed by atoms with Gasteiger partial charge in [0.1, 0.15) is 5.82 Å². The molecule has 0 aliphatic heterocycles. The Morgan fingerprint density at radius 1 is 1.24 bits per heavy atom. The highest BCUT2D eigenvalue weighted by Gasteiger charge is 2.10. The fourth-order valence-electron chi connectivity index (χ4n) is 2.67. The van der Waals surface area contributed by atoms with Crippen LogP contribution in [0.5, 0.6) is 0 Å². The molecule has 0 saturated carbocycles. The van der Waals surface area contributed by atoms with E-state index in [1.165, 1.54) is 0 Å². The summed E-state index contributed by atoms with van der Waals surface area (Å²) in [5.74, 6) is 0.796. The van der Waals surface area contributed by atoms with Crippen molar-refractivity contribution < 1.29 is 9.90 Å². The molecular weight excluding hydrogens is 338 g/mol. The highest BCUT2D eigenvalue weighted by atomic mass is 35.5. The van der Waals surface area contributed by atoms with E-state index in [-0.39, 0.29) is 12.5 Å². The largest absolute Gasteiger partial charge is 0.387 e. The Bertz CT molecular complexity index is 830. The molecule has 0 radical (unpaired) electrons. The van der Waals surface area contributed by atoms with Crippen molar-refractivity contribution in [1.82, 2.24) is 15.3 Å². The predicted molar refractivity (Wildman–Crippen MR) is 98.5 cm³/mol. The molecule has 0 aliphatic rings. The van der Waals surface area contributed by atoms with E-state index in [1.807, 2.05) is 24.3 Å². The first-order valence-electron chi connectivity index (χ1n) is 8.25. The number of hydrogen-bond acceptors (Lipinski definition) is 3. The number of nitrogens with zero attached hydrogens (tertiary/aromatic N) is 1. The van der Waals surface area contributed by atoms with Gasteiger partial charge in [-0.25, -0.2) is 4.98 Å². The summed E-state index contributed by atoms with van der Waals surface area (Å²) in [6, 6.07) is 14.8. The van der Waals surface area contributed by atoms with Crippen LogP contribution in [0, 0.1) is 0 Å². The zero-order valence-corrected chi connectivity index (χ0v) is 14.5. The maximum Gasteiger partial charge on any atom is 0.220 e. The molecule has 0 spiro atoms. The number of aryl methyl sites for hydroxylation is 1. The van der Waals surface area contributed by atoms with Crippen molar-refractivity contribution >= 4 is 28.5 Å². The van der Waals surface area contributed by atoms with Crippen molar-refractivity contribution in [2.75, 3.05) is 6.54 Å². The number of H-pyrrole nitrogens is 1. The lowest BCUT2D eigenvalue weighted by molar-refractivity contribution is -0.121. The summed E-state index contributed by atoms with van der Waals surface area (Å²) < 4.78 is 0. The first-order chi connectivity index (χ1) is 12.1. The van der Waals surface area contributed by atoms with E-state index in [9.17, 15) is 9.90 Å². The number of fused-ring (bicyclic) bond motifs is 1. The monoisotopic (exact) mass is 357 g/mol. The van der Waals surface area contributed by atoms with Crippen LogP contribution >= 0.6 is 11.6 Å². The molecule has 0 bridgehead atoms. The van der Waals surface area contributed by atoms with E-state index in [4.69, 9.17) is 11.6 Å². The number of imidazole rings is 1. The van der Waals surface area contributed by atoms with Crippen molar-refractivity contribution in [3.63, 3.8) is 0 Å². The van der Waals surface area contributed by atoms with Gasteiger partial charge in [0.2, 0.25) is 5.91 Å². The normalized spacial score (nSPS) is 12.2. The number of aliphatic hydroxyl groups is 1. The minimum Gasteiger partial charge on any atom is -0.387 e. The van der Waals surface area contributed by atoms with E-state index in [1.54, 1.807) is 24.3 Å². The number of amides is 1. The molecule has 3 aromatic rings. The van der Waals surface area contributed by atoms with Crippen molar-refractivity contribution in [1.29, 1.82) is 0 Å². The van der Waals surface area contributed by atoms with Crippen LogP contribution in [0.2, 0.25) is 5.02 Å². The minimum absolute atomic E-state index is 0.0859. The molecule has 5 nitrogen and oxygen atoms in total. The zero-order chi connectivity index (χ0) is 17.6. The molecule has 2 aromatic carbocycles. The topological polar surface area (TPSA) is 78.0 Å². The number of carbonyl (C=O) groups is 1. The fraction of sp³-hybridized carbons (Fsp3) is 0.263. The van der Waals surface area contributed by atoms with Crippen LogP contribution in [0.25, 0.3) is 11.0 Å². The maximum atomic E-state index is 11.9. The third-order valence-electron chi connectivity index (χ3n) is 3.98. The number of hydrogen-bond donors (Lipinski definition) is 3. The Morgan fingerprint density at radius 3 is 2.88 bits per heavy atom. The zero-order valence-electron chi connectivity index (χ0n) is 13.7. The Labute approximate surface area is 151 Å². The molecule has 1 amide bonds. The summed E-state index contributed by atoms with van der Waals surface area (Å²) in [5, 5.41) is 13.4. The predicted octanol–water partition coefficient (Wildman–Crippen LogP) is 3.39. The standard InChI is InChI=1S/C19H20ClN3O2/c20-14-6-3-5-13(11-14)17(24)12-21-19(25)10-4-9-18-22-15-7-1-2-8-16(15)23-18/h1-3,5-8,11,17,24H,4,9-10,12H2,(H,21,25)(H,22,23)/t17-/m1/s1. The molecule has 1 aromatic heterocycles. The second-order valence-corrected chi connectivity index (χ2v) is 6.37. The second kappa shape index (κ2) is 8.14.